The van der Waals surface area contributed by atoms with Crippen molar-refractivity contribution in [2.75, 3.05) is 11.9 Å². The lowest BCUT2D eigenvalue weighted by Crippen LogP contribution is -2.52. The maximum atomic E-state index is 13.0. The molecule has 0 radical (unpaired) electrons. The Labute approximate surface area is 180 Å². The van der Waals surface area contributed by atoms with Gasteiger partial charge in [0, 0.05) is 33.4 Å². The van der Waals surface area contributed by atoms with E-state index in [1.165, 1.54) is 0 Å². The van der Waals surface area contributed by atoms with Gasteiger partial charge in [0.2, 0.25) is 6.10 Å². The Bertz CT molecular complexity index is 849. The number of hydrogen-bond acceptors (Lipinski definition) is 9. The van der Waals surface area contributed by atoms with Crippen molar-refractivity contribution < 1.29 is 42.9 Å². The molecule has 0 fully saturated rings. The van der Waals surface area contributed by atoms with E-state index in [1.54, 1.807) is 19.1 Å². The minimum Gasteiger partial charge on any atom is -0.462 e. The second-order valence-electron chi connectivity index (χ2n) is 6.86. The number of aryl methyl sites for hydroxylation is 2. The van der Waals surface area contributed by atoms with Gasteiger partial charge >= 0.3 is 23.9 Å². The van der Waals surface area contributed by atoms with Gasteiger partial charge in [0.05, 0.1) is 0 Å². The van der Waals surface area contributed by atoms with Crippen molar-refractivity contribution in [2.24, 2.45) is 0 Å². The van der Waals surface area contributed by atoms with Crippen LogP contribution in [0.15, 0.2) is 18.2 Å². The molecule has 0 spiro atoms. The van der Waals surface area contributed by atoms with E-state index in [-0.39, 0.29) is 0 Å². The Morgan fingerprint density at radius 2 is 1.42 bits per heavy atom. The van der Waals surface area contributed by atoms with Crippen molar-refractivity contribution in [3.63, 3.8) is 0 Å². The van der Waals surface area contributed by atoms with Crippen LogP contribution in [0.1, 0.15) is 38.8 Å². The summed E-state index contributed by atoms with van der Waals surface area (Å²) in [5, 5.41) is 2.61. The van der Waals surface area contributed by atoms with Crippen molar-refractivity contribution in [1.29, 1.82) is 0 Å². The molecule has 0 aliphatic carbocycles. The smallest absolute Gasteiger partial charge is 0.303 e. The summed E-state index contributed by atoms with van der Waals surface area (Å²) in [4.78, 5) is 59.2. The van der Waals surface area contributed by atoms with Crippen molar-refractivity contribution in [3.05, 3.63) is 29.3 Å². The summed E-state index contributed by atoms with van der Waals surface area (Å²) in [6.45, 7) is 7.47. The lowest BCUT2D eigenvalue weighted by atomic mass is 10.1. The van der Waals surface area contributed by atoms with Crippen molar-refractivity contribution in [1.82, 2.24) is 0 Å². The second kappa shape index (κ2) is 11.7. The number of rotatable bonds is 9. The third-order valence-electron chi connectivity index (χ3n) is 3.93. The fraction of sp³-hybridized carbons (Fsp3) is 0.476. The molecular formula is C21H27NO9. The summed E-state index contributed by atoms with van der Waals surface area (Å²) < 4.78 is 20.3. The first-order valence-electron chi connectivity index (χ1n) is 9.43. The van der Waals surface area contributed by atoms with E-state index < -0.39 is 54.7 Å². The molecule has 0 aromatic heterocycles. The van der Waals surface area contributed by atoms with E-state index in [0.717, 1.165) is 38.8 Å². The number of anilines is 1. The number of ether oxygens (including phenoxy) is 4. The van der Waals surface area contributed by atoms with Crippen LogP contribution in [-0.2, 0) is 42.9 Å². The van der Waals surface area contributed by atoms with E-state index in [1.807, 2.05) is 13.0 Å². The van der Waals surface area contributed by atoms with Crippen LogP contribution in [0.4, 0.5) is 5.69 Å². The summed E-state index contributed by atoms with van der Waals surface area (Å²) in [5.41, 5.74) is 2.16. The van der Waals surface area contributed by atoms with Gasteiger partial charge in [-0.3, -0.25) is 24.0 Å². The first-order chi connectivity index (χ1) is 14.4. The van der Waals surface area contributed by atoms with E-state index in [2.05, 4.69) is 5.32 Å². The summed E-state index contributed by atoms with van der Waals surface area (Å²) >= 11 is 0. The van der Waals surface area contributed by atoms with Crippen LogP contribution in [0.25, 0.3) is 0 Å². The summed E-state index contributed by atoms with van der Waals surface area (Å²) in [6, 6.07) is 5.27. The topological polar surface area (TPSA) is 134 Å². The van der Waals surface area contributed by atoms with Crippen LogP contribution in [0, 0.1) is 13.8 Å². The molecule has 1 amide bonds. The minimum atomic E-state index is -1.69. The average molecular weight is 437 g/mol. The lowest BCUT2D eigenvalue weighted by molar-refractivity contribution is -0.190. The number of nitrogens with one attached hydrogen (secondary N) is 1. The Morgan fingerprint density at radius 3 is 1.90 bits per heavy atom. The predicted octanol–water partition coefficient (Wildman–Crippen LogP) is 1.60. The quantitative estimate of drug-likeness (QED) is 0.451. The number of hydrogen-bond donors (Lipinski definition) is 1. The van der Waals surface area contributed by atoms with Crippen LogP contribution in [0.3, 0.4) is 0 Å². The number of carbonyl (C=O) groups is 5. The fourth-order valence-corrected chi connectivity index (χ4v) is 2.74. The molecule has 0 aliphatic heterocycles. The third-order valence-corrected chi connectivity index (χ3v) is 3.93. The van der Waals surface area contributed by atoms with Crippen LogP contribution in [0.2, 0.25) is 0 Å². The van der Waals surface area contributed by atoms with E-state index in [0.29, 0.717) is 5.69 Å². The SMILES string of the molecule is CC(=O)OC[C@H](OC(C)=O)[C@@H](OC(C)=O)[C@H](OC(C)=O)C(=O)Nc1ccc(C)cc1C. The zero-order valence-corrected chi connectivity index (χ0v) is 18.3. The molecule has 1 N–H and O–H groups in total. The normalized spacial score (nSPS) is 13.2. The van der Waals surface area contributed by atoms with E-state index in [9.17, 15) is 24.0 Å². The molecule has 0 aliphatic rings. The molecule has 10 heteroatoms. The van der Waals surface area contributed by atoms with E-state index >= 15 is 0 Å². The van der Waals surface area contributed by atoms with Crippen molar-refractivity contribution in [2.45, 2.75) is 59.9 Å². The minimum absolute atomic E-state index is 0.443. The fourth-order valence-electron chi connectivity index (χ4n) is 2.74. The molecule has 170 valence electrons. The summed E-state index contributed by atoms with van der Waals surface area (Å²) in [7, 11) is 0. The first-order valence-corrected chi connectivity index (χ1v) is 9.43. The molecule has 0 saturated carbocycles. The Hall–Kier alpha value is -3.43. The average Bonchev–Trinajstić information content (AvgIpc) is 2.63. The van der Waals surface area contributed by atoms with Crippen LogP contribution >= 0.6 is 0 Å². The molecule has 3 atom stereocenters. The van der Waals surface area contributed by atoms with Crippen LogP contribution in [-0.4, -0.2) is 54.7 Å². The van der Waals surface area contributed by atoms with E-state index in [4.69, 9.17) is 18.9 Å². The predicted molar refractivity (Wildman–Crippen MR) is 108 cm³/mol. The van der Waals surface area contributed by atoms with Crippen LogP contribution in [0.5, 0.6) is 0 Å². The molecule has 0 saturated heterocycles. The van der Waals surface area contributed by atoms with Crippen molar-refractivity contribution in [3.8, 4) is 0 Å². The number of esters is 4. The van der Waals surface area contributed by atoms with Crippen LogP contribution < -0.4 is 5.32 Å². The standard InChI is InChI=1S/C21H27NO9/c1-11-7-8-17(12(2)9-11)22-21(27)20(31-16(6)26)19(30-15(5)25)18(29-14(4)24)10-28-13(3)23/h7-9,18-20H,10H2,1-6H3,(H,22,27)/t18-,19+,20-/m0/s1. The van der Waals surface area contributed by atoms with Gasteiger partial charge in [0.25, 0.3) is 5.91 Å². The molecular weight excluding hydrogens is 410 g/mol. The Morgan fingerprint density at radius 1 is 0.839 bits per heavy atom. The second-order valence-corrected chi connectivity index (χ2v) is 6.86. The lowest BCUT2D eigenvalue weighted by Gasteiger charge is -2.31. The highest BCUT2D eigenvalue weighted by molar-refractivity contribution is 5.96. The maximum Gasteiger partial charge on any atom is 0.303 e. The van der Waals surface area contributed by atoms with Gasteiger partial charge < -0.3 is 24.3 Å². The van der Waals surface area contributed by atoms with Gasteiger partial charge in [-0.15, -0.1) is 0 Å². The molecule has 10 nitrogen and oxygen atoms in total. The monoisotopic (exact) mass is 437 g/mol. The highest BCUT2D eigenvalue weighted by Crippen LogP contribution is 2.20. The van der Waals surface area contributed by atoms with Gasteiger partial charge in [-0.25, -0.2) is 0 Å². The highest BCUT2D eigenvalue weighted by atomic mass is 16.6. The largest absolute Gasteiger partial charge is 0.462 e. The molecule has 0 heterocycles. The van der Waals surface area contributed by atoms with Gasteiger partial charge in [-0.05, 0) is 25.5 Å². The molecule has 1 aromatic carbocycles. The molecule has 0 unspecified atom stereocenters. The Kier molecular flexibility index (Phi) is 9.65. The third kappa shape index (κ3) is 8.85. The number of carbonyl (C=O) groups excluding carboxylic acids is 5. The van der Waals surface area contributed by atoms with Gasteiger partial charge in [-0.1, -0.05) is 17.7 Å². The Balaban J connectivity index is 3.32. The number of amides is 1. The summed E-state index contributed by atoms with van der Waals surface area (Å²) in [5.74, 6) is -3.98. The first kappa shape index (κ1) is 25.6. The zero-order chi connectivity index (χ0) is 23.7. The highest BCUT2D eigenvalue weighted by Gasteiger charge is 2.42. The maximum absolute atomic E-state index is 13.0. The van der Waals surface area contributed by atoms with Gasteiger partial charge in [-0.2, -0.15) is 0 Å². The molecule has 1 rings (SSSR count). The van der Waals surface area contributed by atoms with Crippen molar-refractivity contribution >= 4 is 35.5 Å². The molecule has 31 heavy (non-hydrogen) atoms. The molecule has 1 aromatic rings. The molecule has 0 bridgehead atoms. The van der Waals surface area contributed by atoms with Gasteiger partial charge in [0.1, 0.15) is 6.61 Å². The number of benzene rings is 1. The van der Waals surface area contributed by atoms with Gasteiger partial charge in [0.15, 0.2) is 12.2 Å². The summed E-state index contributed by atoms with van der Waals surface area (Å²) in [6.07, 6.45) is -4.67. The zero-order valence-electron chi connectivity index (χ0n) is 18.3.